The number of hydrogen-bond donors (Lipinski definition) is 2. The Morgan fingerprint density at radius 2 is 1.85 bits per heavy atom. The molecule has 8 nitrogen and oxygen atoms in total. The van der Waals surface area contributed by atoms with Crippen molar-refractivity contribution in [3.8, 4) is 0 Å². The molecule has 0 bridgehead atoms. The Bertz CT molecular complexity index is 766. The van der Waals surface area contributed by atoms with Gasteiger partial charge in [-0.3, -0.25) is 9.36 Å². The van der Waals surface area contributed by atoms with Crippen molar-refractivity contribution in [2.45, 2.75) is 25.1 Å². The molecule has 0 heterocycles. The standard InChI is InChI=1S/C17H22NO7P/c1-4-24-26(22,25-5-2)15(16(19)23-3)17(20)13-9-7-6-8-12(13)10-11-14(17)18-21/h6-11,15,20-21H,4-5H2,1-3H3/b18-14+. The van der Waals surface area contributed by atoms with Gasteiger partial charge in [0.1, 0.15) is 5.71 Å². The second kappa shape index (κ2) is 8.14. The lowest BCUT2D eigenvalue weighted by atomic mass is 9.79. The Balaban J connectivity index is 2.78. The number of hydrogen-bond acceptors (Lipinski definition) is 8. The molecule has 0 radical (unpaired) electrons. The van der Waals surface area contributed by atoms with Crippen molar-refractivity contribution in [2.24, 2.45) is 5.16 Å². The molecule has 0 aliphatic heterocycles. The fourth-order valence-corrected chi connectivity index (χ4v) is 5.19. The van der Waals surface area contributed by atoms with Crippen LogP contribution in [-0.2, 0) is 28.7 Å². The smallest absolute Gasteiger partial charge is 0.348 e. The van der Waals surface area contributed by atoms with Crippen LogP contribution in [0.25, 0.3) is 6.08 Å². The molecule has 0 saturated heterocycles. The Hall–Kier alpha value is -1.99. The van der Waals surface area contributed by atoms with E-state index in [1.54, 1.807) is 44.2 Å². The van der Waals surface area contributed by atoms with E-state index in [1.165, 1.54) is 6.08 Å². The third-order valence-corrected chi connectivity index (χ3v) is 6.50. The number of esters is 1. The predicted molar refractivity (Wildman–Crippen MR) is 95.3 cm³/mol. The average Bonchev–Trinajstić information content (AvgIpc) is 2.62. The maximum Gasteiger partial charge on any atom is 0.348 e. The van der Waals surface area contributed by atoms with Crippen LogP contribution >= 0.6 is 7.60 Å². The summed E-state index contributed by atoms with van der Waals surface area (Å²) < 4.78 is 28.8. The van der Waals surface area contributed by atoms with Gasteiger partial charge in [0.15, 0.2) is 11.3 Å². The van der Waals surface area contributed by atoms with E-state index in [2.05, 4.69) is 5.16 Å². The van der Waals surface area contributed by atoms with E-state index in [-0.39, 0.29) is 24.5 Å². The molecular weight excluding hydrogens is 361 g/mol. The molecule has 0 fully saturated rings. The van der Waals surface area contributed by atoms with Crippen LogP contribution in [-0.4, -0.2) is 48.0 Å². The summed E-state index contributed by atoms with van der Waals surface area (Å²) in [5.41, 5.74) is -3.53. The van der Waals surface area contributed by atoms with E-state index in [1.807, 2.05) is 0 Å². The zero-order valence-corrected chi connectivity index (χ0v) is 15.7. The van der Waals surface area contributed by atoms with E-state index >= 15 is 0 Å². The summed E-state index contributed by atoms with van der Waals surface area (Å²) in [5, 5.41) is 24.1. The number of carbonyl (C=O) groups excluding carboxylic acids is 1. The van der Waals surface area contributed by atoms with Gasteiger partial charge in [-0.1, -0.05) is 35.5 Å². The Kier molecular flexibility index (Phi) is 6.36. The van der Waals surface area contributed by atoms with Gasteiger partial charge in [-0.2, -0.15) is 0 Å². The van der Waals surface area contributed by atoms with Gasteiger partial charge in [-0.15, -0.1) is 0 Å². The van der Waals surface area contributed by atoms with Crippen molar-refractivity contribution in [3.63, 3.8) is 0 Å². The van der Waals surface area contributed by atoms with Crippen LogP contribution in [0.15, 0.2) is 35.5 Å². The van der Waals surface area contributed by atoms with Gasteiger partial charge < -0.3 is 24.1 Å². The maximum absolute atomic E-state index is 13.4. The molecule has 9 heteroatoms. The number of nitrogens with zero attached hydrogens (tertiary/aromatic N) is 1. The summed E-state index contributed by atoms with van der Waals surface area (Å²) in [5.74, 6) is -1.01. The van der Waals surface area contributed by atoms with Crippen molar-refractivity contribution in [2.75, 3.05) is 20.3 Å². The minimum Gasteiger partial charge on any atom is -0.468 e. The molecule has 0 amide bonds. The fraction of sp³-hybridized carbons (Fsp3) is 0.412. The molecule has 1 aliphatic rings. The summed E-state index contributed by atoms with van der Waals surface area (Å²) in [7, 11) is -3.09. The molecular formula is C17H22NO7P. The van der Waals surface area contributed by atoms with Crippen LogP contribution in [0.1, 0.15) is 25.0 Å². The zero-order valence-electron chi connectivity index (χ0n) is 14.8. The van der Waals surface area contributed by atoms with Crippen LogP contribution in [0.5, 0.6) is 0 Å². The molecule has 142 valence electrons. The highest BCUT2D eigenvalue weighted by atomic mass is 31.2. The van der Waals surface area contributed by atoms with E-state index in [4.69, 9.17) is 13.8 Å². The lowest BCUT2D eigenvalue weighted by Gasteiger charge is -2.39. The lowest BCUT2D eigenvalue weighted by Crippen LogP contribution is -2.52. The second-order valence-electron chi connectivity index (χ2n) is 5.47. The van der Waals surface area contributed by atoms with Gasteiger partial charge in [-0.05, 0) is 31.1 Å². The van der Waals surface area contributed by atoms with Gasteiger partial charge in [-0.25, -0.2) is 0 Å². The summed E-state index contributed by atoms with van der Waals surface area (Å²) >= 11 is 0. The van der Waals surface area contributed by atoms with Crippen LogP contribution in [0, 0.1) is 0 Å². The van der Waals surface area contributed by atoms with E-state index in [9.17, 15) is 19.7 Å². The van der Waals surface area contributed by atoms with Crippen LogP contribution in [0.4, 0.5) is 0 Å². The summed E-state index contributed by atoms with van der Waals surface area (Å²) in [6, 6.07) is 6.62. The SMILES string of the molecule is CCOP(=O)(OCC)C(C(=O)OC)C1(O)/C(=N/O)C=Cc2ccccc21. The number of fused-ring (bicyclic) bond motifs is 1. The van der Waals surface area contributed by atoms with Crippen molar-refractivity contribution >= 4 is 25.4 Å². The molecule has 2 atom stereocenters. The molecule has 26 heavy (non-hydrogen) atoms. The third-order valence-electron chi connectivity index (χ3n) is 4.04. The second-order valence-corrected chi connectivity index (χ2v) is 7.59. The molecule has 0 saturated carbocycles. The Morgan fingerprint density at radius 3 is 2.38 bits per heavy atom. The zero-order chi connectivity index (χ0) is 19.4. The van der Waals surface area contributed by atoms with Crippen molar-refractivity contribution < 1.29 is 33.5 Å². The number of aliphatic hydroxyl groups is 1. The average molecular weight is 383 g/mol. The molecule has 1 aromatic carbocycles. The van der Waals surface area contributed by atoms with Crippen LogP contribution < -0.4 is 0 Å². The molecule has 2 N–H and O–H groups in total. The quantitative estimate of drug-likeness (QED) is 0.322. The highest BCUT2D eigenvalue weighted by Crippen LogP contribution is 2.60. The maximum atomic E-state index is 13.4. The van der Waals surface area contributed by atoms with Crippen molar-refractivity contribution in [1.82, 2.24) is 0 Å². The Morgan fingerprint density at radius 1 is 1.23 bits per heavy atom. The summed E-state index contributed by atoms with van der Waals surface area (Å²) in [4.78, 5) is 12.6. The van der Waals surface area contributed by atoms with Gasteiger partial charge in [0.25, 0.3) is 0 Å². The fourth-order valence-electron chi connectivity index (χ4n) is 3.01. The first-order valence-corrected chi connectivity index (χ1v) is 9.69. The van der Waals surface area contributed by atoms with Gasteiger partial charge >= 0.3 is 13.6 Å². The molecule has 1 aromatic rings. The number of benzene rings is 1. The lowest BCUT2D eigenvalue weighted by molar-refractivity contribution is -0.144. The van der Waals surface area contributed by atoms with Crippen LogP contribution in [0.3, 0.4) is 0 Å². The highest BCUT2D eigenvalue weighted by Gasteiger charge is 2.60. The predicted octanol–water partition coefficient (Wildman–Crippen LogP) is 2.54. The largest absolute Gasteiger partial charge is 0.468 e. The first-order valence-electron chi connectivity index (χ1n) is 8.08. The van der Waals surface area contributed by atoms with Crippen molar-refractivity contribution in [3.05, 3.63) is 41.5 Å². The molecule has 2 rings (SSSR count). The minimum atomic E-state index is -4.19. The highest BCUT2D eigenvalue weighted by molar-refractivity contribution is 7.56. The monoisotopic (exact) mass is 383 g/mol. The number of rotatable bonds is 7. The van der Waals surface area contributed by atoms with E-state index in [0.29, 0.717) is 5.56 Å². The topological polar surface area (TPSA) is 115 Å². The Labute approximate surface area is 151 Å². The van der Waals surface area contributed by atoms with Gasteiger partial charge in [0.05, 0.1) is 20.3 Å². The van der Waals surface area contributed by atoms with Gasteiger partial charge in [0.2, 0.25) is 0 Å². The van der Waals surface area contributed by atoms with Crippen LogP contribution in [0.2, 0.25) is 0 Å². The van der Waals surface area contributed by atoms with E-state index in [0.717, 1.165) is 7.11 Å². The summed E-state index contributed by atoms with van der Waals surface area (Å²) in [6.07, 6.45) is 2.94. The van der Waals surface area contributed by atoms with E-state index < -0.39 is 24.8 Å². The number of carbonyl (C=O) groups is 1. The number of oxime groups is 1. The molecule has 2 unspecified atom stereocenters. The molecule has 1 aliphatic carbocycles. The van der Waals surface area contributed by atoms with Crippen molar-refractivity contribution in [1.29, 1.82) is 0 Å². The minimum absolute atomic E-state index is 0.0239. The normalized spacial score (nSPS) is 22.1. The summed E-state index contributed by atoms with van der Waals surface area (Å²) in [6.45, 7) is 3.12. The molecule has 0 aromatic heterocycles. The first-order chi connectivity index (χ1) is 12.4. The number of ether oxygens (including phenoxy) is 1. The third kappa shape index (κ3) is 3.33. The molecule has 0 spiro atoms. The van der Waals surface area contributed by atoms with Gasteiger partial charge in [0, 0.05) is 0 Å². The number of methoxy groups -OCH3 is 1. The first kappa shape index (κ1) is 20.3.